The van der Waals surface area contributed by atoms with E-state index in [1.807, 2.05) is 37.3 Å². The number of benzene rings is 2. The van der Waals surface area contributed by atoms with E-state index in [1.165, 1.54) is 9.21 Å². The molecular weight excluding hydrogens is 464 g/mol. The van der Waals surface area contributed by atoms with Crippen molar-refractivity contribution in [2.75, 3.05) is 41.3 Å². The summed E-state index contributed by atoms with van der Waals surface area (Å²) < 4.78 is 28.3. The SMILES string of the molecule is Cc1cccc(NC(=O)CN2C(=O)C3CCCCN3c3ccc(S(=O)(=O)N4CCCCC4)cc32)c1. The molecule has 35 heavy (non-hydrogen) atoms. The molecule has 0 radical (unpaired) electrons. The van der Waals surface area contributed by atoms with Crippen LogP contribution in [0.4, 0.5) is 17.1 Å². The van der Waals surface area contributed by atoms with Gasteiger partial charge in [-0.05, 0) is 74.9 Å². The second kappa shape index (κ2) is 9.62. The number of anilines is 3. The van der Waals surface area contributed by atoms with E-state index in [-0.39, 0.29) is 29.3 Å². The van der Waals surface area contributed by atoms with E-state index in [2.05, 4.69) is 10.2 Å². The van der Waals surface area contributed by atoms with E-state index in [9.17, 15) is 18.0 Å². The van der Waals surface area contributed by atoms with Crippen molar-refractivity contribution >= 4 is 38.9 Å². The van der Waals surface area contributed by atoms with Gasteiger partial charge in [0.05, 0.1) is 16.3 Å². The number of amides is 2. The lowest BCUT2D eigenvalue weighted by Crippen LogP contribution is -2.56. The topological polar surface area (TPSA) is 90.0 Å². The van der Waals surface area contributed by atoms with Crippen molar-refractivity contribution in [3.8, 4) is 0 Å². The minimum absolute atomic E-state index is 0.149. The number of sulfonamides is 1. The molecule has 2 aromatic carbocycles. The number of hydrogen-bond donors (Lipinski definition) is 1. The highest BCUT2D eigenvalue weighted by atomic mass is 32.2. The molecule has 0 spiro atoms. The summed E-state index contributed by atoms with van der Waals surface area (Å²) in [5.74, 6) is -0.465. The van der Waals surface area contributed by atoms with Gasteiger partial charge in [0.15, 0.2) is 0 Å². The number of aryl methyl sites for hydroxylation is 1. The summed E-state index contributed by atoms with van der Waals surface area (Å²) >= 11 is 0. The Balaban J connectivity index is 1.49. The van der Waals surface area contributed by atoms with Crippen LogP contribution in [-0.2, 0) is 19.6 Å². The van der Waals surface area contributed by atoms with Gasteiger partial charge >= 0.3 is 0 Å². The molecule has 3 heterocycles. The van der Waals surface area contributed by atoms with Crippen LogP contribution in [0.1, 0.15) is 44.1 Å². The lowest BCUT2D eigenvalue weighted by atomic mass is 9.96. The van der Waals surface area contributed by atoms with Gasteiger partial charge in [0, 0.05) is 25.3 Å². The summed E-state index contributed by atoms with van der Waals surface area (Å²) in [6.07, 6.45) is 5.39. The summed E-state index contributed by atoms with van der Waals surface area (Å²) in [5, 5.41) is 2.88. The number of fused-ring (bicyclic) bond motifs is 3. The molecule has 0 aliphatic carbocycles. The Kier molecular flexibility index (Phi) is 6.55. The molecule has 1 unspecified atom stereocenters. The van der Waals surface area contributed by atoms with Crippen LogP contribution in [0.15, 0.2) is 47.4 Å². The number of nitrogens with one attached hydrogen (secondary N) is 1. The zero-order valence-electron chi connectivity index (χ0n) is 20.1. The zero-order chi connectivity index (χ0) is 24.6. The maximum absolute atomic E-state index is 13.6. The van der Waals surface area contributed by atoms with E-state index in [0.29, 0.717) is 24.5 Å². The Morgan fingerprint density at radius 2 is 1.74 bits per heavy atom. The molecule has 9 heteroatoms. The van der Waals surface area contributed by atoms with Crippen LogP contribution in [0.5, 0.6) is 0 Å². The molecule has 2 amide bonds. The smallest absolute Gasteiger partial charge is 0.250 e. The second-order valence-electron chi connectivity index (χ2n) is 9.66. The Morgan fingerprint density at radius 1 is 0.971 bits per heavy atom. The normalized spacial score (nSPS) is 20.8. The molecule has 186 valence electrons. The van der Waals surface area contributed by atoms with E-state index in [1.54, 1.807) is 12.1 Å². The van der Waals surface area contributed by atoms with E-state index in [4.69, 9.17) is 0 Å². The number of piperidine rings is 2. The maximum Gasteiger partial charge on any atom is 0.250 e. The summed E-state index contributed by atoms with van der Waals surface area (Å²) in [7, 11) is -3.67. The minimum atomic E-state index is -3.67. The van der Waals surface area contributed by atoms with Crippen LogP contribution in [0.3, 0.4) is 0 Å². The number of nitrogens with zero attached hydrogens (tertiary/aromatic N) is 3. The number of rotatable bonds is 5. The van der Waals surface area contributed by atoms with Crippen molar-refractivity contribution in [3.63, 3.8) is 0 Å². The number of hydrogen-bond acceptors (Lipinski definition) is 5. The lowest BCUT2D eigenvalue weighted by molar-refractivity contribution is -0.123. The van der Waals surface area contributed by atoms with E-state index < -0.39 is 10.0 Å². The van der Waals surface area contributed by atoms with Gasteiger partial charge in [-0.3, -0.25) is 14.5 Å². The van der Waals surface area contributed by atoms with Gasteiger partial charge in [0.1, 0.15) is 12.6 Å². The van der Waals surface area contributed by atoms with E-state index >= 15 is 0 Å². The average molecular weight is 497 g/mol. The van der Waals surface area contributed by atoms with Crippen molar-refractivity contribution in [1.29, 1.82) is 0 Å². The fourth-order valence-electron chi connectivity index (χ4n) is 5.38. The van der Waals surface area contributed by atoms with Gasteiger partial charge in [-0.25, -0.2) is 8.42 Å². The molecule has 0 aromatic heterocycles. The third kappa shape index (κ3) is 4.67. The van der Waals surface area contributed by atoms with Crippen molar-refractivity contribution < 1.29 is 18.0 Å². The van der Waals surface area contributed by atoms with Crippen molar-refractivity contribution in [3.05, 3.63) is 48.0 Å². The van der Waals surface area contributed by atoms with E-state index in [0.717, 1.165) is 56.3 Å². The molecule has 8 nitrogen and oxygen atoms in total. The molecule has 0 saturated carbocycles. The maximum atomic E-state index is 13.6. The Morgan fingerprint density at radius 3 is 2.51 bits per heavy atom. The van der Waals surface area contributed by atoms with Crippen LogP contribution in [0.25, 0.3) is 0 Å². The Bertz CT molecular complexity index is 1240. The van der Waals surface area contributed by atoms with Gasteiger partial charge < -0.3 is 10.2 Å². The van der Waals surface area contributed by atoms with Gasteiger partial charge in [-0.1, -0.05) is 18.6 Å². The second-order valence-corrected chi connectivity index (χ2v) is 11.6. The average Bonchev–Trinajstić information content (AvgIpc) is 2.87. The number of carbonyl (C=O) groups is 2. The largest absolute Gasteiger partial charge is 0.358 e. The highest BCUT2D eigenvalue weighted by molar-refractivity contribution is 7.89. The van der Waals surface area contributed by atoms with Gasteiger partial charge in [-0.15, -0.1) is 0 Å². The van der Waals surface area contributed by atoms with Gasteiger partial charge in [0.2, 0.25) is 21.8 Å². The van der Waals surface area contributed by atoms with Crippen molar-refractivity contribution in [1.82, 2.24) is 4.31 Å². The first-order chi connectivity index (χ1) is 16.8. The number of carbonyl (C=O) groups excluding carboxylic acids is 2. The first-order valence-electron chi connectivity index (χ1n) is 12.4. The van der Waals surface area contributed by atoms with Crippen LogP contribution >= 0.6 is 0 Å². The van der Waals surface area contributed by atoms with Crippen LogP contribution in [0.2, 0.25) is 0 Å². The first-order valence-corrected chi connectivity index (χ1v) is 13.9. The first kappa shape index (κ1) is 23.8. The molecule has 1 N–H and O–H groups in total. The summed E-state index contributed by atoms with van der Waals surface area (Å²) in [5.41, 5.74) is 2.99. The summed E-state index contributed by atoms with van der Waals surface area (Å²) in [4.78, 5) is 30.3. The van der Waals surface area contributed by atoms with Crippen molar-refractivity contribution in [2.24, 2.45) is 0 Å². The minimum Gasteiger partial charge on any atom is -0.358 e. The highest BCUT2D eigenvalue weighted by Crippen LogP contribution is 2.41. The fourth-order valence-corrected chi connectivity index (χ4v) is 6.92. The molecule has 0 bridgehead atoms. The van der Waals surface area contributed by atoms with Gasteiger partial charge in [-0.2, -0.15) is 4.31 Å². The Hall–Kier alpha value is -2.91. The molecular formula is C26H32N4O4S. The molecule has 2 fully saturated rings. The molecule has 2 aromatic rings. The zero-order valence-corrected chi connectivity index (χ0v) is 20.9. The van der Waals surface area contributed by atoms with Crippen LogP contribution in [-0.4, -0.2) is 56.8 Å². The highest BCUT2D eigenvalue weighted by Gasteiger charge is 2.41. The quantitative estimate of drug-likeness (QED) is 0.684. The predicted molar refractivity (Wildman–Crippen MR) is 136 cm³/mol. The van der Waals surface area contributed by atoms with Gasteiger partial charge in [0.25, 0.3) is 0 Å². The third-order valence-electron chi connectivity index (χ3n) is 7.16. The fraction of sp³-hybridized carbons (Fsp3) is 0.462. The molecule has 2 saturated heterocycles. The summed E-state index contributed by atoms with van der Waals surface area (Å²) in [6, 6.07) is 12.2. The van der Waals surface area contributed by atoms with Crippen molar-refractivity contribution in [2.45, 2.75) is 56.4 Å². The standard InChI is InChI=1S/C26H32N4O4S/c1-19-8-7-9-20(16-19)27-25(31)18-30-24-17-21(35(33,34)28-13-4-2-5-14-28)11-12-22(24)29-15-6-3-10-23(29)26(30)32/h7-9,11-12,16-17,23H,2-6,10,13-15,18H2,1H3,(H,27,31). The molecule has 5 rings (SSSR count). The monoisotopic (exact) mass is 496 g/mol. The lowest BCUT2D eigenvalue weighted by Gasteiger charge is -2.45. The predicted octanol–water partition coefficient (Wildman–Crippen LogP) is 3.51. The Labute approximate surface area is 206 Å². The molecule has 3 aliphatic rings. The molecule has 1 atom stereocenters. The van der Waals surface area contributed by atoms with Crippen LogP contribution in [0, 0.1) is 6.92 Å². The van der Waals surface area contributed by atoms with Crippen LogP contribution < -0.4 is 15.1 Å². The third-order valence-corrected chi connectivity index (χ3v) is 9.05. The summed E-state index contributed by atoms with van der Waals surface area (Å²) in [6.45, 7) is 3.54. The molecule has 3 aliphatic heterocycles.